The van der Waals surface area contributed by atoms with Gasteiger partial charge in [0.15, 0.2) is 0 Å². The van der Waals surface area contributed by atoms with Crippen LogP contribution in [-0.4, -0.2) is 36.7 Å². The molecule has 0 fully saturated rings. The van der Waals surface area contributed by atoms with Crippen molar-refractivity contribution in [1.82, 2.24) is 9.47 Å². The summed E-state index contributed by atoms with van der Waals surface area (Å²) in [5.74, 6) is 0.805. The molecule has 0 aliphatic rings. The summed E-state index contributed by atoms with van der Waals surface area (Å²) in [5.41, 5.74) is 0.952. The molecular formula is C16H22N2O2. The summed E-state index contributed by atoms with van der Waals surface area (Å²) >= 11 is 0. The van der Waals surface area contributed by atoms with Crippen LogP contribution in [0.5, 0.6) is 5.75 Å². The third-order valence-corrected chi connectivity index (χ3v) is 3.23. The summed E-state index contributed by atoms with van der Waals surface area (Å²) in [6.45, 7) is 5.53. The van der Waals surface area contributed by atoms with Crippen LogP contribution in [0, 0.1) is 0 Å². The number of pyridine rings is 1. The molecule has 4 heteroatoms. The van der Waals surface area contributed by atoms with E-state index < -0.39 is 0 Å². The largest absolute Gasteiger partial charge is 0.492 e. The van der Waals surface area contributed by atoms with Crippen LogP contribution in [0.25, 0.3) is 10.9 Å². The molecule has 0 bridgehead atoms. The van der Waals surface area contributed by atoms with E-state index in [1.54, 1.807) is 10.6 Å². The summed E-state index contributed by atoms with van der Waals surface area (Å²) in [5, 5.41) is 1.05. The smallest absolute Gasteiger partial charge is 0.251 e. The maximum absolute atomic E-state index is 12.0. The molecule has 0 aliphatic heterocycles. The van der Waals surface area contributed by atoms with Crippen molar-refractivity contribution < 1.29 is 4.74 Å². The van der Waals surface area contributed by atoms with Gasteiger partial charge in [-0.2, -0.15) is 0 Å². The van der Waals surface area contributed by atoms with E-state index in [4.69, 9.17) is 4.74 Å². The van der Waals surface area contributed by atoms with Crippen LogP contribution in [0.3, 0.4) is 0 Å². The number of likely N-dealkylation sites (N-methyl/N-ethyl adjacent to an activating group) is 1. The van der Waals surface area contributed by atoms with Gasteiger partial charge in [0, 0.05) is 24.7 Å². The van der Waals surface area contributed by atoms with E-state index in [0.717, 1.165) is 23.2 Å². The van der Waals surface area contributed by atoms with Crippen LogP contribution >= 0.6 is 0 Å². The van der Waals surface area contributed by atoms with E-state index in [9.17, 15) is 4.79 Å². The third-order valence-electron chi connectivity index (χ3n) is 3.23. The van der Waals surface area contributed by atoms with Crippen molar-refractivity contribution in [2.24, 2.45) is 0 Å². The zero-order chi connectivity index (χ0) is 14.7. The van der Waals surface area contributed by atoms with E-state index in [0.29, 0.717) is 6.61 Å². The van der Waals surface area contributed by atoms with Gasteiger partial charge in [-0.15, -0.1) is 0 Å². The average molecular weight is 274 g/mol. The zero-order valence-corrected chi connectivity index (χ0v) is 12.6. The molecule has 4 nitrogen and oxygen atoms in total. The molecule has 108 valence electrons. The number of benzene rings is 1. The van der Waals surface area contributed by atoms with Crippen LogP contribution in [0.15, 0.2) is 35.1 Å². The highest BCUT2D eigenvalue weighted by Crippen LogP contribution is 2.21. The van der Waals surface area contributed by atoms with Crippen LogP contribution in [0.1, 0.15) is 19.9 Å². The highest BCUT2D eigenvalue weighted by atomic mass is 16.5. The molecular weight excluding hydrogens is 252 g/mol. The lowest BCUT2D eigenvalue weighted by Crippen LogP contribution is -2.21. The Hall–Kier alpha value is -1.81. The predicted molar refractivity (Wildman–Crippen MR) is 82.6 cm³/mol. The molecule has 20 heavy (non-hydrogen) atoms. The van der Waals surface area contributed by atoms with Gasteiger partial charge in [-0.25, -0.2) is 0 Å². The summed E-state index contributed by atoms with van der Waals surface area (Å²) in [6, 6.07) is 9.51. The van der Waals surface area contributed by atoms with Gasteiger partial charge in [0.25, 0.3) is 5.56 Å². The van der Waals surface area contributed by atoms with E-state index in [-0.39, 0.29) is 11.6 Å². The summed E-state index contributed by atoms with van der Waals surface area (Å²) in [7, 11) is 4.03. The lowest BCUT2D eigenvalue weighted by Gasteiger charge is -2.15. The standard InChI is InChI=1S/C16H22N2O2/c1-12(2)18-15-11-14(20-10-9-17(3)4)7-5-13(15)6-8-16(18)19/h5-8,11-12H,9-10H2,1-4H3. The molecule has 2 aromatic rings. The second kappa shape index (κ2) is 6.09. The molecule has 0 aliphatic carbocycles. The van der Waals surface area contributed by atoms with Gasteiger partial charge in [0.05, 0.1) is 5.52 Å². The SMILES string of the molecule is CC(C)n1c(=O)ccc2ccc(OCCN(C)C)cc21. The van der Waals surface area contributed by atoms with Crippen LogP contribution < -0.4 is 10.3 Å². The number of fused-ring (bicyclic) bond motifs is 1. The maximum atomic E-state index is 12.0. The molecule has 0 spiro atoms. The normalized spacial score (nSPS) is 11.5. The lowest BCUT2D eigenvalue weighted by atomic mass is 10.2. The summed E-state index contributed by atoms with van der Waals surface area (Å²) in [4.78, 5) is 14.1. The first-order valence-electron chi connectivity index (χ1n) is 6.92. The van der Waals surface area contributed by atoms with Crippen LogP contribution in [0.2, 0.25) is 0 Å². The molecule has 0 saturated carbocycles. The highest BCUT2D eigenvalue weighted by molar-refractivity contribution is 5.80. The van der Waals surface area contributed by atoms with E-state index >= 15 is 0 Å². The fraction of sp³-hybridized carbons (Fsp3) is 0.438. The highest BCUT2D eigenvalue weighted by Gasteiger charge is 2.07. The minimum Gasteiger partial charge on any atom is -0.492 e. The van der Waals surface area contributed by atoms with Gasteiger partial charge in [-0.3, -0.25) is 4.79 Å². The molecule has 0 amide bonds. The third kappa shape index (κ3) is 3.20. The van der Waals surface area contributed by atoms with Crippen molar-refractivity contribution in [1.29, 1.82) is 0 Å². The van der Waals surface area contributed by atoms with Crippen molar-refractivity contribution in [2.45, 2.75) is 19.9 Å². The molecule has 1 heterocycles. The first-order valence-corrected chi connectivity index (χ1v) is 6.92. The van der Waals surface area contributed by atoms with Gasteiger partial charge in [-0.1, -0.05) is 0 Å². The lowest BCUT2D eigenvalue weighted by molar-refractivity contribution is 0.261. The molecule has 2 rings (SSSR count). The van der Waals surface area contributed by atoms with Crippen LogP contribution in [-0.2, 0) is 0 Å². The first-order chi connectivity index (χ1) is 9.49. The number of nitrogens with zero attached hydrogens (tertiary/aromatic N) is 2. The fourth-order valence-corrected chi connectivity index (χ4v) is 2.20. The number of aromatic nitrogens is 1. The second-order valence-corrected chi connectivity index (χ2v) is 5.51. The molecule has 0 N–H and O–H groups in total. The Morgan fingerprint density at radius 1 is 1.20 bits per heavy atom. The van der Waals surface area contributed by atoms with E-state index in [1.807, 2.05) is 52.2 Å². The Balaban J connectivity index is 2.36. The monoisotopic (exact) mass is 274 g/mol. The number of rotatable bonds is 5. The average Bonchev–Trinajstić information content (AvgIpc) is 2.37. The number of hydrogen-bond donors (Lipinski definition) is 0. The van der Waals surface area contributed by atoms with E-state index in [2.05, 4.69) is 4.90 Å². The second-order valence-electron chi connectivity index (χ2n) is 5.51. The number of hydrogen-bond acceptors (Lipinski definition) is 3. The first kappa shape index (κ1) is 14.6. The van der Waals surface area contributed by atoms with Crippen molar-refractivity contribution in [2.75, 3.05) is 27.2 Å². The van der Waals surface area contributed by atoms with E-state index in [1.165, 1.54) is 0 Å². The van der Waals surface area contributed by atoms with Crippen molar-refractivity contribution in [3.05, 3.63) is 40.7 Å². The number of ether oxygens (including phenoxy) is 1. The Morgan fingerprint density at radius 2 is 1.90 bits per heavy atom. The molecule has 0 radical (unpaired) electrons. The topological polar surface area (TPSA) is 34.5 Å². The molecule has 0 atom stereocenters. The summed E-state index contributed by atoms with van der Waals surface area (Å²) < 4.78 is 7.54. The van der Waals surface area contributed by atoms with Gasteiger partial charge in [0.1, 0.15) is 12.4 Å². The van der Waals surface area contributed by atoms with Gasteiger partial charge in [-0.05, 0) is 51.5 Å². The molecule has 0 unspecified atom stereocenters. The van der Waals surface area contributed by atoms with Crippen molar-refractivity contribution >= 4 is 10.9 Å². The Labute approximate surface area is 119 Å². The van der Waals surface area contributed by atoms with Crippen molar-refractivity contribution in [3.8, 4) is 5.75 Å². The fourth-order valence-electron chi connectivity index (χ4n) is 2.20. The summed E-state index contributed by atoms with van der Waals surface area (Å²) in [6.07, 6.45) is 0. The minimum atomic E-state index is 0.0259. The molecule has 1 aromatic carbocycles. The Bertz CT molecular complexity index is 644. The zero-order valence-electron chi connectivity index (χ0n) is 12.6. The minimum absolute atomic E-state index is 0.0259. The Kier molecular flexibility index (Phi) is 4.45. The molecule has 1 aromatic heterocycles. The molecule has 0 saturated heterocycles. The Morgan fingerprint density at radius 3 is 2.55 bits per heavy atom. The van der Waals surface area contributed by atoms with Crippen LogP contribution in [0.4, 0.5) is 0 Å². The predicted octanol–water partition coefficient (Wildman–Crippen LogP) is 2.52. The van der Waals surface area contributed by atoms with Gasteiger partial charge < -0.3 is 14.2 Å². The maximum Gasteiger partial charge on any atom is 0.251 e. The van der Waals surface area contributed by atoms with Gasteiger partial charge >= 0.3 is 0 Å². The quantitative estimate of drug-likeness (QED) is 0.840. The van der Waals surface area contributed by atoms with Crippen molar-refractivity contribution in [3.63, 3.8) is 0 Å². The van der Waals surface area contributed by atoms with Gasteiger partial charge in [0.2, 0.25) is 0 Å².